The van der Waals surface area contributed by atoms with E-state index in [1.165, 1.54) is 4.90 Å². The van der Waals surface area contributed by atoms with Gasteiger partial charge in [0.2, 0.25) is 17.7 Å². The maximum Gasteiger partial charge on any atom is 0.249 e. The molecule has 3 amide bonds. The Bertz CT molecular complexity index is 623. The Balaban J connectivity index is 2.26. The van der Waals surface area contributed by atoms with Crippen LogP contribution in [-0.4, -0.2) is 34.7 Å². The highest BCUT2D eigenvalue weighted by molar-refractivity contribution is 6.03. The van der Waals surface area contributed by atoms with Crippen LogP contribution in [0.15, 0.2) is 18.2 Å². The molecule has 1 aliphatic rings. The van der Waals surface area contributed by atoms with Crippen molar-refractivity contribution in [3.63, 3.8) is 0 Å². The summed E-state index contributed by atoms with van der Waals surface area (Å²) < 4.78 is 0. The molecule has 1 aromatic rings. The molecule has 6 nitrogen and oxygen atoms in total. The van der Waals surface area contributed by atoms with Gasteiger partial charge in [0, 0.05) is 5.56 Å². The van der Waals surface area contributed by atoms with Crippen LogP contribution in [0, 0.1) is 6.92 Å². The van der Waals surface area contributed by atoms with Gasteiger partial charge in [0.15, 0.2) is 0 Å². The van der Waals surface area contributed by atoms with Crippen molar-refractivity contribution in [2.45, 2.75) is 32.9 Å². The van der Waals surface area contributed by atoms with E-state index in [1.807, 2.05) is 6.92 Å². The fourth-order valence-corrected chi connectivity index (χ4v) is 2.28. The number of rotatable bonds is 3. The van der Waals surface area contributed by atoms with Crippen molar-refractivity contribution in [3.05, 3.63) is 34.9 Å². The molecule has 3 N–H and O–H groups in total. The zero-order valence-corrected chi connectivity index (χ0v) is 12.4. The summed E-state index contributed by atoms with van der Waals surface area (Å²) in [5.74, 6) is -1.00. The second-order valence-corrected chi connectivity index (χ2v) is 5.77. The Kier molecular flexibility index (Phi) is 3.82. The van der Waals surface area contributed by atoms with Gasteiger partial charge in [-0.1, -0.05) is 6.07 Å². The maximum absolute atomic E-state index is 12.3. The van der Waals surface area contributed by atoms with Crippen molar-refractivity contribution in [1.82, 2.24) is 10.2 Å². The molecule has 21 heavy (non-hydrogen) atoms. The molecule has 0 unspecified atom stereocenters. The van der Waals surface area contributed by atoms with E-state index >= 15 is 0 Å². The van der Waals surface area contributed by atoms with Crippen molar-refractivity contribution in [2.75, 3.05) is 6.54 Å². The number of carbonyl (C=O) groups excluding carboxylic acids is 3. The fraction of sp³-hybridized carbons (Fsp3) is 0.400. The molecule has 1 aliphatic heterocycles. The number of piperazine rings is 1. The molecule has 0 spiro atoms. The Morgan fingerprint density at radius 1 is 1.38 bits per heavy atom. The Labute approximate surface area is 123 Å². The first-order chi connectivity index (χ1) is 9.72. The van der Waals surface area contributed by atoms with Gasteiger partial charge in [-0.3, -0.25) is 24.6 Å². The fourth-order valence-electron chi connectivity index (χ4n) is 2.28. The molecule has 0 radical (unpaired) electrons. The van der Waals surface area contributed by atoms with Crippen LogP contribution in [0.2, 0.25) is 0 Å². The van der Waals surface area contributed by atoms with Gasteiger partial charge >= 0.3 is 0 Å². The highest BCUT2D eigenvalue weighted by Crippen LogP contribution is 2.19. The minimum absolute atomic E-state index is 0.136. The first-order valence-corrected chi connectivity index (χ1v) is 6.71. The van der Waals surface area contributed by atoms with E-state index < -0.39 is 11.4 Å². The van der Waals surface area contributed by atoms with Gasteiger partial charge in [-0.05, 0) is 44.0 Å². The van der Waals surface area contributed by atoms with Crippen molar-refractivity contribution < 1.29 is 14.4 Å². The minimum atomic E-state index is -0.755. The molecule has 0 atom stereocenters. The number of hydrogen-bond donors (Lipinski definition) is 2. The SMILES string of the molecule is Cc1cc(C(N)=O)ccc1CN1C(=O)CNC(C)(C)C1=O. The van der Waals surface area contributed by atoms with E-state index in [1.54, 1.807) is 32.0 Å². The number of nitrogens with zero attached hydrogens (tertiary/aromatic N) is 1. The Hall–Kier alpha value is -2.21. The molecule has 6 heteroatoms. The summed E-state index contributed by atoms with van der Waals surface area (Å²) in [6.45, 7) is 5.66. The molecule has 1 heterocycles. The Morgan fingerprint density at radius 2 is 2.05 bits per heavy atom. The van der Waals surface area contributed by atoms with E-state index in [9.17, 15) is 14.4 Å². The van der Waals surface area contributed by atoms with Gasteiger partial charge in [-0.15, -0.1) is 0 Å². The zero-order chi connectivity index (χ0) is 15.8. The summed E-state index contributed by atoms with van der Waals surface area (Å²) in [6, 6.07) is 5.00. The van der Waals surface area contributed by atoms with Crippen LogP contribution in [-0.2, 0) is 16.1 Å². The second-order valence-electron chi connectivity index (χ2n) is 5.77. The average molecular weight is 289 g/mol. The van der Waals surface area contributed by atoms with Gasteiger partial charge < -0.3 is 5.73 Å². The number of aryl methyl sites for hydroxylation is 1. The summed E-state index contributed by atoms with van der Waals surface area (Å²) >= 11 is 0. The van der Waals surface area contributed by atoms with Crippen LogP contribution in [0.25, 0.3) is 0 Å². The van der Waals surface area contributed by atoms with Gasteiger partial charge in [0.05, 0.1) is 18.6 Å². The standard InChI is InChI=1S/C15H19N3O3/c1-9-6-10(13(16)20)4-5-11(9)8-18-12(19)7-17-15(2,3)14(18)21/h4-6,17H,7-8H2,1-3H3,(H2,16,20). The van der Waals surface area contributed by atoms with Crippen molar-refractivity contribution in [1.29, 1.82) is 0 Å². The van der Waals surface area contributed by atoms with Gasteiger partial charge in [0.1, 0.15) is 0 Å². The second kappa shape index (κ2) is 5.29. The number of primary amides is 1. The maximum atomic E-state index is 12.3. The number of nitrogens with one attached hydrogen (secondary N) is 1. The third-order valence-electron chi connectivity index (χ3n) is 3.72. The lowest BCUT2D eigenvalue weighted by molar-refractivity contribution is -0.153. The van der Waals surface area contributed by atoms with E-state index in [0.29, 0.717) is 5.56 Å². The van der Waals surface area contributed by atoms with Crippen LogP contribution in [0.3, 0.4) is 0 Å². The smallest absolute Gasteiger partial charge is 0.249 e. The summed E-state index contributed by atoms with van der Waals surface area (Å²) in [6.07, 6.45) is 0. The monoisotopic (exact) mass is 289 g/mol. The lowest BCUT2D eigenvalue weighted by atomic mass is 9.98. The van der Waals surface area contributed by atoms with Crippen molar-refractivity contribution >= 4 is 17.7 Å². The number of carbonyl (C=O) groups is 3. The van der Waals surface area contributed by atoms with Crippen LogP contribution in [0.4, 0.5) is 0 Å². The number of nitrogens with two attached hydrogens (primary N) is 1. The zero-order valence-electron chi connectivity index (χ0n) is 12.4. The van der Waals surface area contributed by atoms with E-state index in [4.69, 9.17) is 5.73 Å². The van der Waals surface area contributed by atoms with Gasteiger partial charge in [-0.25, -0.2) is 0 Å². The minimum Gasteiger partial charge on any atom is -0.366 e. The highest BCUT2D eigenvalue weighted by Gasteiger charge is 2.39. The summed E-state index contributed by atoms with van der Waals surface area (Å²) in [5, 5.41) is 2.91. The third-order valence-corrected chi connectivity index (χ3v) is 3.72. The molecule has 0 bridgehead atoms. The Morgan fingerprint density at radius 3 is 2.62 bits per heavy atom. The molecule has 112 valence electrons. The molecule has 0 aliphatic carbocycles. The van der Waals surface area contributed by atoms with E-state index in [2.05, 4.69) is 5.32 Å². The quantitative estimate of drug-likeness (QED) is 0.784. The van der Waals surface area contributed by atoms with Crippen LogP contribution < -0.4 is 11.1 Å². The molecular formula is C15H19N3O3. The third kappa shape index (κ3) is 2.95. The molecule has 0 saturated carbocycles. The first kappa shape index (κ1) is 15.2. The summed E-state index contributed by atoms with van der Waals surface area (Å²) in [4.78, 5) is 36.7. The number of amides is 3. The lowest BCUT2D eigenvalue weighted by Crippen LogP contribution is -2.63. The predicted molar refractivity (Wildman–Crippen MR) is 77.3 cm³/mol. The molecular weight excluding hydrogens is 270 g/mol. The molecule has 1 aromatic carbocycles. The van der Waals surface area contributed by atoms with Crippen molar-refractivity contribution in [2.24, 2.45) is 5.73 Å². The highest BCUT2D eigenvalue weighted by atomic mass is 16.2. The molecule has 1 fully saturated rings. The van der Waals surface area contributed by atoms with E-state index in [-0.39, 0.29) is 24.9 Å². The number of benzene rings is 1. The van der Waals surface area contributed by atoms with Gasteiger partial charge in [0.25, 0.3) is 0 Å². The average Bonchev–Trinajstić information content (AvgIpc) is 2.41. The van der Waals surface area contributed by atoms with E-state index in [0.717, 1.165) is 11.1 Å². The first-order valence-electron chi connectivity index (χ1n) is 6.71. The molecule has 1 saturated heterocycles. The number of imide groups is 1. The topological polar surface area (TPSA) is 92.5 Å². The summed E-state index contributed by atoms with van der Waals surface area (Å²) in [7, 11) is 0. The normalized spacial score (nSPS) is 18.0. The molecule has 2 rings (SSSR count). The van der Waals surface area contributed by atoms with Crippen LogP contribution in [0.1, 0.15) is 35.3 Å². The van der Waals surface area contributed by atoms with Gasteiger partial charge in [-0.2, -0.15) is 0 Å². The largest absolute Gasteiger partial charge is 0.366 e. The molecule has 0 aromatic heterocycles. The summed E-state index contributed by atoms with van der Waals surface area (Å²) in [5.41, 5.74) is 6.53. The van der Waals surface area contributed by atoms with Crippen LogP contribution >= 0.6 is 0 Å². The predicted octanol–water partition coefficient (Wildman–Crippen LogP) is 0.331. The van der Waals surface area contributed by atoms with Crippen LogP contribution in [0.5, 0.6) is 0 Å². The lowest BCUT2D eigenvalue weighted by Gasteiger charge is -2.36. The number of hydrogen-bond acceptors (Lipinski definition) is 4. The van der Waals surface area contributed by atoms with Crippen molar-refractivity contribution in [3.8, 4) is 0 Å².